The van der Waals surface area contributed by atoms with E-state index in [2.05, 4.69) is 0 Å². The molecule has 2 nitrogen and oxygen atoms in total. The highest BCUT2D eigenvalue weighted by molar-refractivity contribution is 6.30. The van der Waals surface area contributed by atoms with E-state index in [-0.39, 0.29) is 18.6 Å². The van der Waals surface area contributed by atoms with Gasteiger partial charge in [-0.25, -0.2) is 0 Å². The summed E-state index contributed by atoms with van der Waals surface area (Å²) in [6, 6.07) is 7.95. The fourth-order valence-electron chi connectivity index (χ4n) is 2.13. The van der Waals surface area contributed by atoms with Crippen LogP contribution in [-0.2, 0) is 0 Å². The molecule has 1 aromatic carbocycles. The van der Waals surface area contributed by atoms with Gasteiger partial charge in [0, 0.05) is 23.6 Å². The smallest absolute Gasteiger partial charge is 0.0479 e. The number of hydrogen-bond acceptors (Lipinski definition) is 2. The largest absolute Gasteiger partial charge is 0.396 e. The van der Waals surface area contributed by atoms with Gasteiger partial charge in [0.05, 0.1) is 0 Å². The molecule has 1 aliphatic rings. The average Bonchev–Trinajstić information content (AvgIpc) is 2.14. The van der Waals surface area contributed by atoms with E-state index in [1.54, 1.807) is 0 Å². The van der Waals surface area contributed by atoms with Crippen molar-refractivity contribution in [3.05, 3.63) is 34.9 Å². The molecule has 1 fully saturated rings. The van der Waals surface area contributed by atoms with E-state index in [4.69, 9.17) is 22.4 Å². The molecule has 0 aliphatic heterocycles. The molecule has 0 heterocycles. The molecule has 2 rings (SSSR count). The minimum Gasteiger partial charge on any atom is -0.396 e. The van der Waals surface area contributed by atoms with E-state index in [0.717, 1.165) is 11.4 Å². The molecule has 0 aromatic heterocycles. The molecule has 0 spiro atoms. The molecule has 76 valence electrons. The van der Waals surface area contributed by atoms with E-state index in [1.165, 1.54) is 5.56 Å². The Bertz CT molecular complexity index is 329. The van der Waals surface area contributed by atoms with E-state index < -0.39 is 0 Å². The third-order valence-corrected chi connectivity index (χ3v) is 3.32. The van der Waals surface area contributed by atoms with Crippen molar-refractivity contribution in [1.82, 2.24) is 0 Å². The Balaban J connectivity index is 2.16. The molecule has 3 N–H and O–H groups in total. The highest BCUT2D eigenvalue weighted by atomic mass is 35.5. The second kappa shape index (κ2) is 3.89. The molecule has 3 atom stereocenters. The van der Waals surface area contributed by atoms with Crippen LogP contribution in [0.2, 0.25) is 5.02 Å². The van der Waals surface area contributed by atoms with Crippen LogP contribution in [0, 0.1) is 5.92 Å². The van der Waals surface area contributed by atoms with Crippen molar-refractivity contribution < 1.29 is 5.11 Å². The first kappa shape index (κ1) is 9.97. The maximum atomic E-state index is 9.14. The Morgan fingerprint density at radius 1 is 1.50 bits per heavy atom. The number of hydrogen-bond donors (Lipinski definition) is 2. The molecule has 0 saturated heterocycles. The minimum atomic E-state index is 0.143. The van der Waals surface area contributed by atoms with Crippen LogP contribution in [-0.4, -0.2) is 17.8 Å². The predicted molar refractivity (Wildman–Crippen MR) is 57.4 cm³/mol. The van der Waals surface area contributed by atoms with Crippen molar-refractivity contribution in [3.8, 4) is 0 Å². The van der Waals surface area contributed by atoms with Crippen LogP contribution in [0.4, 0.5) is 0 Å². The summed E-state index contributed by atoms with van der Waals surface area (Å²) in [7, 11) is 0. The van der Waals surface area contributed by atoms with Gasteiger partial charge in [-0.15, -0.1) is 0 Å². The summed E-state index contributed by atoms with van der Waals surface area (Å²) < 4.78 is 0. The molecular weight excluding hydrogens is 198 g/mol. The van der Waals surface area contributed by atoms with Crippen LogP contribution in [0.1, 0.15) is 17.9 Å². The maximum absolute atomic E-state index is 9.14. The van der Waals surface area contributed by atoms with Crippen molar-refractivity contribution in [3.63, 3.8) is 0 Å². The zero-order chi connectivity index (χ0) is 10.1. The number of aliphatic hydroxyl groups is 1. The van der Waals surface area contributed by atoms with E-state index in [9.17, 15) is 0 Å². The molecule has 0 amide bonds. The standard InChI is InChI=1S/C11H14ClNO/c12-8-3-1-2-7(4-8)9-5-11(13)10(9)6-14/h1-4,9-11,14H,5-6,13H2/t9-,10-,11-/m0/s1. The summed E-state index contributed by atoms with van der Waals surface area (Å²) in [5.41, 5.74) is 7.00. The van der Waals surface area contributed by atoms with Crippen LogP contribution in [0.3, 0.4) is 0 Å². The molecule has 0 bridgehead atoms. The molecule has 1 saturated carbocycles. The van der Waals surface area contributed by atoms with Crippen molar-refractivity contribution in [2.24, 2.45) is 11.7 Å². The van der Waals surface area contributed by atoms with Gasteiger partial charge in [0.25, 0.3) is 0 Å². The van der Waals surface area contributed by atoms with Gasteiger partial charge >= 0.3 is 0 Å². The van der Waals surface area contributed by atoms with Gasteiger partial charge in [-0.1, -0.05) is 23.7 Å². The molecule has 1 aromatic rings. The van der Waals surface area contributed by atoms with Gasteiger partial charge < -0.3 is 10.8 Å². The molecular formula is C11H14ClNO. The van der Waals surface area contributed by atoms with E-state index in [1.807, 2.05) is 24.3 Å². The molecule has 1 aliphatic carbocycles. The van der Waals surface area contributed by atoms with Crippen LogP contribution >= 0.6 is 11.6 Å². The Morgan fingerprint density at radius 3 is 2.86 bits per heavy atom. The first-order valence-electron chi connectivity index (χ1n) is 4.84. The fourth-order valence-corrected chi connectivity index (χ4v) is 2.33. The third kappa shape index (κ3) is 1.65. The SMILES string of the molecule is N[C@H]1C[C@@H](c2cccc(Cl)c2)[C@@H]1CO. The predicted octanol–water partition coefficient (Wildman–Crippen LogP) is 1.76. The Kier molecular flexibility index (Phi) is 2.77. The summed E-state index contributed by atoms with van der Waals surface area (Å²) >= 11 is 5.90. The Morgan fingerprint density at radius 2 is 2.29 bits per heavy atom. The van der Waals surface area contributed by atoms with E-state index in [0.29, 0.717) is 5.92 Å². The lowest BCUT2D eigenvalue weighted by atomic mass is 9.67. The van der Waals surface area contributed by atoms with Gasteiger partial charge in [0.15, 0.2) is 0 Å². The second-order valence-electron chi connectivity index (χ2n) is 3.91. The average molecular weight is 212 g/mol. The topological polar surface area (TPSA) is 46.2 Å². The van der Waals surface area contributed by atoms with Crippen molar-refractivity contribution in [2.45, 2.75) is 18.4 Å². The number of benzene rings is 1. The lowest BCUT2D eigenvalue weighted by Gasteiger charge is -2.42. The summed E-state index contributed by atoms with van der Waals surface area (Å²) in [5.74, 6) is 0.585. The first-order chi connectivity index (χ1) is 6.72. The normalized spacial score (nSPS) is 31.2. The number of halogens is 1. The van der Waals surface area contributed by atoms with Gasteiger partial charge in [-0.05, 0) is 30.0 Å². The summed E-state index contributed by atoms with van der Waals surface area (Å²) in [4.78, 5) is 0. The van der Waals surface area contributed by atoms with Gasteiger partial charge in [0.2, 0.25) is 0 Å². The van der Waals surface area contributed by atoms with Crippen LogP contribution in [0.25, 0.3) is 0 Å². The lowest BCUT2D eigenvalue weighted by Crippen LogP contribution is -2.47. The monoisotopic (exact) mass is 211 g/mol. The zero-order valence-electron chi connectivity index (χ0n) is 7.86. The number of rotatable bonds is 2. The highest BCUT2D eigenvalue weighted by Crippen LogP contribution is 2.41. The maximum Gasteiger partial charge on any atom is 0.0479 e. The second-order valence-corrected chi connectivity index (χ2v) is 4.34. The third-order valence-electron chi connectivity index (χ3n) is 3.08. The zero-order valence-corrected chi connectivity index (χ0v) is 8.61. The van der Waals surface area contributed by atoms with Crippen LogP contribution in [0.15, 0.2) is 24.3 Å². The van der Waals surface area contributed by atoms with Gasteiger partial charge in [0.1, 0.15) is 0 Å². The van der Waals surface area contributed by atoms with Crippen molar-refractivity contribution in [1.29, 1.82) is 0 Å². The highest BCUT2D eigenvalue weighted by Gasteiger charge is 2.38. The summed E-state index contributed by atoms with van der Waals surface area (Å²) in [5, 5.41) is 9.89. The number of aliphatic hydroxyl groups excluding tert-OH is 1. The van der Waals surface area contributed by atoms with Crippen LogP contribution in [0.5, 0.6) is 0 Å². The minimum absolute atomic E-state index is 0.143. The molecule has 0 unspecified atom stereocenters. The summed E-state index contributed by atoms with van der Waals surface area (Å²) in [6.45, 7) is 0.165. The quantitative estimate of drug-likeness (QED) is 0.783. The summed E-state index contributed by atoms with van der Waals surface area (Å²) in [6.07, 6.45) is 0.950. The number of nitrogens with two attached hydrogens (primary N) is 1. The molecule has 0 radical (unpaired) electrons. The molecule has 14 heavy (non-hydrogen) atoms. The Labute approximate surface area is 88.7 Å². The van der Waals surface area contributed by atoms with Gasteiger partial charge in [-0.2, -0.15) is 0 Å². The van der Waals surface area contributed by atoms with Crippen LogP contribution < -0.4 is 5.73 Å². The van der Waals surface area contributed by atoms with E-state index >= 15 is 0 Å². The molecule has 3 heteroatoms. The van der Waals surface area contributed by atoms with Gasteiger partial charge in [-0.3, -0.25) is 0 Å². The lowest BCUT2D eigenvalue weighted by molar-refractivity contribution is 0.109. The van der Waals surface area contributed by atoms with Crippen molar-refractivity contribution >= 4 is 11.6 Å². The fraction of sp³-hybridized carbons (Fsp3) is 0.455. The Hall–Kier alpha value is -0.570. The van der Waals surface area contributed by atoms with Crippen molar-refractivity contribution in [2.75, 3.05) is 6.61 Å². The first-order valence-corrected chi connectivity index (χ1v) is 5.22.